The average molecular weight is 530 g/mol. The van der Waals surface area contributed by atoms with E-state index in [9.17, 15) is 4.79 Å². The summed E-state index contributed by atoms with van der Waals surface area (Å²) in [4.78, 5) is 16.8. The number of aliphatic imine (C=N–C) groups is 1. The minimum Gasteiger partial charge on any atom is -0.481 e. The van der Waals surface area contributed by atoms with Crippen LogP contribution in [0, 0.1) is 20.8 Å². The zero-order chi connectivity index (χ0) is 21.7. The van der Waals surface area contributed by atoms with E-state index in [2.05, 4.69) is 60.4 Å². The molecule has 4 nitrogen and oxygen atoms in total. The summed E-state index contributed by atoms with van der Waals surface area (Å²) in [6.07, 6.45) is 1.81. The highest BCUT2D eigenvalue weighted by Crippen LogP contribution is 2.34. The normalized spacial score (nSPS) is 11.0. The van der Waals surface area contributed by atoms with Crippen LogP contribution in [0.3, 0.4) is 0 Å². The molecule has 0 aliphatic carbocycles. The third-order valence-corrected chi connectivity index (χ3v) is 5.57. The Kier molecular flexibility index (Phi) is 7.45. The van der Waals surface area contributed by atoms with Crippen LogP contribution in [0.2, 0.25) is 0 Å². The number of nitrogens with one attached hydrogen (secondary N) is 1. The molecule has 154 valence electrons. The lowest BCUT2D eigenvalue weighted by atomic mass is 10.1. The van der Waals surface area contributed by atoms with Gasteiger partial charge in [0.2, 0.25) is 0 Å². The van der Waals surface area contributed by atoms with Gasteiger partial charge in [0.15, 0.2) is 6.61 Å². The number of aryl methyl sites for hydroxylation is 3. The van der Waals surface area contributed by atoms with E-state index in [-0.39, 0.29) is 12.5 Å². The van der Waals surface area contributed by atoms with Crippen LogP contribution < -0.4 is 10.1 Å². The zero-order valence-electron chi connectivity index (χ0n) is 17.0. The number of carbonyl (C=O) groups excluding carboxylic acids is 1. The minimum absolute atomic E-state index is 0.0962. The highest BCUT2D eigenvalue weighted by atomic mass is 79.9. The Morgan fingerprint density at radius 3 is 2.40 bits per heavy atom. The van der Waals surface area contributed by atoms with E-state index in [0.29, 0.717) is 5.75 Å². The first-order chi connectivity index (χ1) is 14.3. The van der Waals surface area contributed by atoms with Crippen LogP contribution in [0.4, 0.5) is 11.4 Å². The van der Waals surface area contributed by atoms with Gasteiger partial charge < -0.3 is 10.1 Å². The molecule has 0 bridgehead atoms. The molecule has 1 amide bonds. The van der Waals surface area contributed by atoms with Gasteiger partial charge in [0.25, 0.3) is 5.91 Å². The number of hydrogen-bond donors (Lipinski definition) is 1. The third-order valence-electron chi connectivity index (χ3n) is 4.39. The summed E-state index contributed by atoms with van der Waals surface area (Å²) in [6, 6.07) is 17.6. The summed E-state index contributed by atoms with van der Waals surface area (Å²) >= 11 is 7.06. The predicted octanol–water partition coefficient (Wildman–Crippen LogP) is 6.90. The zero-order valence-corrected chi connectivity index (χ0v) is 20.2. The monoisotopic (exact) mass is 528 g/mol. The molecule has 0 radical (unpaired) electrons. The van der Waals surface area contributed by atoms with Gasteiger partial charge in [-0.2, -0.15) is 0 Å². The molecule has 30 heavy (non-hydrogen) atoms. The van der Waals surface area contributed by atoms with Gasteiger partial charge in [0.05, 0.1) is 14.6 Å². The minimum atomic E-state index is -0.222. The molecule has 6 heteroatoms. The first-order valence-electron chi connectivity index (χ1n) is 9.41. The van der Waals surface area contributed by atoms with Crippen molar-refractivity contribution in [3.05, 3.63) is 85.8 Å². The molecule has 0 aliphatic rings. The molecule has 1 N–H and O–H groups in total. The van der Waals surface area contributed by atoms with Gasteiger partial charge in [-0.15, -0.1) is 0 Å². The lowest BCUT2D eigenvalue weighted by Crippen LogP contribution is -2.20. The highest BCUT2D eigenvalue weighted by Gasteiger charge is 2.11. The first kappa shape index (κ1) is 22.2. The number of ether oxygens (including phenoxy) is 1. The van der Waals surface area contributed by atoms with Gasteiger partial charge in [-0.1, -0.05) is 24.3 Å². The number of rotatable bonds is 6. The van der Waals surface area contributed by atoms with E-state index < -0.39 is 0 Å². The van der Waals surface area contributed by atoms with Crippen molar-refractivity contribution < 1.29 is 9.53 Å². The molecule has 3 aromatic carbocycles. The Hall–Kier alpha value is -2.44. The first-order valence-corrected chi connectivity index (χ1v) is 11.0. The van der Waals surface area contributed by atoms with E-state index in [1.165, 1.54) is 5.56 Å². The summed E-state index contributed by atoms with van der Waals surface area (Å²) in [7, 11) is 0. The predicted molar refractivity (Wildman–Crippen MR) is 130 cm³/mol. The number of anilines is 1. The van der Waals surface area contributed by atoms with Crippen LogP contribution in [0.15, 0.2) is 68.5 Å². The van der Waals surface area contributed by atoms with Gasteiger partial charge in [-0.25, -0.2) is 0 Å². The molecule has 0 saturated carbocycles. The van der Waals surface area contributed by atoms with E-state index >= 15 is 0 Å². The van der Waals surface area contributed by atoms with Gasteiger partial charge in [-0.05, 0) is 105 Å². The largest absolute Gasteiger partial charge is 0.481 e. The second-order valence-corrected chi connectivity index (χ2v) is 8.78. The molecule has 0 unspecified atom stereocenters. The van der Waals surface area contributed by atoms with Crippen molar-refractivity contribution in [1.29, 1.82) is 0 Å². The standard InChI is InChI=1S/C24H22Br2N2O2/c1-15-5-4-6-19(9-15)28-23(29)14-30-24-20(25)11-18(12-21(24)26)13-27-22-10-16(2)7-8-17(22)3/h4-13H,14H2,1-3H3,(H,28,29). The second-order valence-electron chi connectivity index (χ2n) is 7.07. The second kappa shape index (κ2) is 10.0. The Bertz CT molecular complexity index is 1090. The van der Waals surface area contributed by atoms with Crippen molar-refractivity contribution in [1.82, 2.24) is 0 Å². The summed E-state index contributed by atoms with van der Waals surface area (Å²) in [5, 5.41) is 2.84. The van der Waals surface area contributed by atoms with E-state index in [1.807, 2.05) is 63.4 Å². The van der Waals surface area contributed by atoms with Crippen molar-refractivity contribution in [2.75, 3.05) is 11.9 Å². The fourth-order valence-corrected chi connectivity index (χ4v) is 4.30. The van der Waals surface area contributed by atoms with Crippen molar-refractivity contribution in [3.8, 4) is 5.75 Å². The van der Waals surface area contributed by atoms with Gasteiger partial charge in [-0.3, -0.25) is 9.79 Å². The average Bonchev–Trinajstić information content (AvgIpc) is 2.68. The van der Waals surface area contributed by atoms with Crippen LogP contribution >= 0.6 is 31.9 Å². The molecule has 0 aromatic heterocycles. The van der Waals surface area contributed by atoms with Gasteiger partial charge in [0.1, 0.15) is 5.75 Å². The van der Waals surface area contributed by atoms with Crippen LogP contribution in [-0.4, -0.2) is 18.7 Å². The molecule has 0 spiro atoms. The number of benzene rings is 3. The Labute approximate surface area is 193 Å². The summed E-state index contributed by atoms with van der Waals surface area (Å²) in [5.74, 6) is 0.346. The molecule has 3 aromatic rings. The van der Waals surface area contributed by atoms with Crippen LogP contribution in [0.5, 0.6) is 5.75 Å². The van der Waals surface area contributed by atoms with Gasteiger partial charge in [0, 0.05) is 11.9 Å². The van der Waals surface area contributed by atoms with Crippen molar-refractivity contribution >= 4 is 55.4 Å². The van der Waals surface area contributed by atoms with Crippen LogP contribution in [0.1, 0.15) is 22.3 Å². The number of amides is 1. The molecule has 0 heterocycles. The molecule has 0 aliphatic heterocycles. The molecule has 0 saturated heterocycles. The Balaban J connectivity index is 1.68. The van der Waals surface area contributed by atoms with E-state index in [0.717, 1.165) is 37.0 Å². The molecular weight excluding hydrogens is 508 g/mol. The van der Waals surface area contributed by atoms with Crippen molar-refractivity contribution in [3.63, 3.8) is 0 Å². The Morgan fingerprint density at radius 2 is 1.70 bits per heavy atom. The Morgan fingerprint density at radius 1 is 1.00 bits per heavy atom. The van der Waals surface area contributed by atoms with Crippen molar-refractivity contribution in [2.24, 2.45) is 4.99 Å². The maximum Gasteiger partial charge on any atom is 0.262 e. The SMILES string of the molecule is Cc1cccc(NC(=O)COc2c(Br)cc(C=Nc3cc(C)ccc3C)cc2Br)c1. The third kappa shape index (κ3) is 6.03. The smallest absolute Gasteiger partial charge is 0.262 e. The number of nitrogens with zero attached hydrogens (tertiary/aromatic N) is 1. The van der Waals surface area contributed by atoms with E-state index in [4.69, 9.17) is 4.74 Å². The lowest BCUT2D eigenvalue weighted by molar-refractivity contribution is -0.118. The van der Waals surface area contributed by atoms with Crippen LogP contribution in [0.25, 0.3) is 0 Å². The lowest BCUT2D eigenvalue weighted by Gasteiger charge is -2.12. The fourth-order valence-electron chi connectivity index (χ4n) is 2.85. The summed E-state index contributed by atoms with van der Waals surface area (Å²) in [6.45, 7) is 5.97. The molecule has 0 fully saturated rings. The summed E-state index contributed by atoms with van der Waals surface area (Å²) < 4.78 is 7.21. The summed E-state index contributed by atoms with van der Waals surface area (Å²) in [5.41, 5.74) is 5.97. The highest BCUT2D eigenvalue weighted by molar-refractivity contribution is 9.11. The van der Waals surface area contributed by atoms with E-state index in [1.54, 1.807) is 0 Å². The molecular formula is C24H22Br2N2O2. The topological polar surface area (TPSA) is 50.7 Å². The maximum absolute atomic E-state index is 12.2. The number of halogens is 2. The quantitative estimate of drug-likeness (QED) is 0.353. The molecule has 3 rings (SSSR count). The number of hydrogen-bond acceptors (Lipinski definition) is 3. The van der Waals surface area contributed by atoms with Gasteiger partial charge >= 0.3 is 0 Å². The molecule has 0 atom stereocenters. The maximum atomic E-state index is 12.2. The van der Waals surface area contributed by atoms with Crippen LogP contribution in [-0.2, 0) is 4.79 Å². The van der Waals surface area contributed by atoms with Crippen molar-refractivity contribution in [2.45, 2.75) is 20.8 Å². The number of carbonyl (C=O) groups is 1. The fraction of sp³-hybridized carbons (Fsp3) is 0.167.